The number of methoxy groups -OCH3 is 1. The summed E-state index contributed by atoms with van der Waals surface area (Å²) in [4.78, 5) is 0. The third kappa shape index (κ3) is 2.94. The molecule has 2 atom stereocenters. The average molecular weight is 232 g/mol. The highest BCUT2D eigenvalue weighted by Crippen LogP contribution is 2.26. The summed E-state index contributed by atoms with van der Waals surface area (Å²) in [6, 6.07) is 8.24. The van der Waals surface area contributed by atoms with Crippen LogP contribution in [0.5, 0.6) is 5.75 Å². The zero-order valence-electron chi connectivity index (χ0n) is 9.29. The SMILES string of the molecule is COc1ccc(C#N)c(C(O)C(O)CC#N)c1. The molecule has 0 fully saturated rings. The van der Waals surface area contributed by atoms with Gasteiger partial charge in [0.1, 0.15) is 11.9 Å². The van der Waals surface area contributed by atoms with Crippen molar-refractivity contribution < 1.29 is 14.9 Å². The van der Waals surface area contributed by atoms with Crippen LogP contribution in [-0.4, -0.2) is 23.4 Å². The fraction of sp³-hybridized carbons (Fsp3) is 0.333. The van der Waals surface area contributed by atoms with Crippen LogP contribution in [0.15, 0.2) is 18.2 Å². The molecular formula is C12H12N2O3. The Morgan fingerprint density at radius 1 is 1.35 bits per heavy atom. The van der Waals surface area contributed by atoms with E-state index in [-0.39, 0.29) is 17.5 Å². The van der Waals surface area contributed by atoms with Crippen molar-refractivity contribution in [1.82, 2.24) is 0 Å². The van der Waals surface area contributed by atoms with Crippen LogP contribution >= 0.6 is 0 Å². The first-order valence-corrected chi connectivity index (χ1v) is 4.95. The van der Waals surface area contributed by atoms with E-state index >= 15 is 0 Å². The summed E-state index contributed by atoms with van der Waals surface area (Å²) >= 11 is 0. The van der Waals surface area contributed by atoms with Crippen molar-refractivity contribution in [3.63, 3.8) is 0 Å². The van der Waals surface area contributed by atoms with Gasteiger partial charge in [0.25, 0.3) is 0 Å². The molecule has 1 rings (SSSR count). The summed E-state index contributed by atoms with van der Waals surface area (Å²) in [7, 11) is 1.46. The molecule has 2 unspecified atom stereocenters. The number of nitrogens with zero attached hydrogens (tertiary/aromatic N) is 2. The lowest BCUT2D eigenvalue weighted by molar-refractivity contribution is 0.0213. The van der Waals surface area contributed by atoms with Crippen LogP contribution < -0.4 is 4.74 Å². The number of aliphatic hydroxyl groups is 2. The van der Waals surface area contributed by atoms with Gasteiger partial charge in [-0.2, -0.15) is 10.5 Å². The van der Waals surface area contributed by atoms with Gasteiger partial charge >= 0.3 is 0 Å². The molecule has 88 valence electrons. The van der Waals surface area contributed by atoms with E-state index in [1.807, 2.05) is 6.07 Å². The van der Waals surface area contributed by atoms with Gasteiger partial charge in [-0.15, -0.1) is 0 Å². The minimum absolute atomic E-state index is 0.205. The van der Waals surface area contributed by atoms with E-state index in [2.05, 4.69) is 0 Å². The number of benzene rings is 1. The number of hydrogen-bond donors (Lipinski definition) is 2. The lowest BCUT2D eigenvalue weighted by atomic mass is 9.97. The fourth-order valence-electron chi connectivity index (χ4n) is 1.43. The largest absolute Gasteiger partial charge is 0.497 e. The minimum Gasteiger partial charge on any atom is -0.497 e. The van der Waals surface area contributed by atoms with E-state index in [4.69, 9.17) is 15.3 Å². The Kier molecular flexibility index (Phi) is 4.47. The van der Waals surface area contributed by atoms with Gasteiger partial charge in [-0.1, -0.05) is 0 Å². The molecule has 5 heteroatoms. The molecule has 0 aliphatic heterocycles. The van der Waals surface area contributed by atoms with Crippen LogP contribution in [-0.2, 0) is 0 Å². The highest BCUT2D eigenvalue weighted by molar-refractivity contribution is 5.44. The Hall–Kier alpha value is -2.08. The highest BCUT2D eigenvalue weighted by atomic mass is 16.5. The van der Waals surface area contributed by atoms with Crippen molar-refractivity contribution in [2.45, 2.75) is 18.6 Å². The van der Waals surface area contributed by atoms with Crippen molar-refractivity contribution in [3.8, 4) is 17.9 Å². The predicted octanol–water partition coefficient (Wildman–Crippen LogP) is 0.875. The van der Waals surface area contributed by atoms with E-state index in [9.17, 15) is 10.2 Å². The Morgan fingerprint density at radius 3 is 2.59 bits per heavy atom. The number of ether oxygens (including phenoxy) is 1. The molecule has 0 spiro atoms. The number of rotatable bonds is 4. The maximum Gasteiger partial charge on any atom is 0.119 e. The molecule has 0 aliphatic carbocycles. The summed E-state index contributed by atoms with van der Waals surface area (Å²) in [6.45, 7) is 0. The van der Waals surface area contributed by atoms with Crippen molar-refractivity contribution in [3.05, 3.63) is 29.3 Å². The van der Waals surface area contributed by atoms with Gasteiger partial charge in [-0.05, 0) is 18.2 Å². The van der Waals surface area contributed by atoms with E-state index < -0.39 is 12.2 Å². The molecule has 0 bridgehead atoms. The number of hydrogen-bond acceptors (Lipinski definition) is 5. The van der Waals surface area contributed by atoms with Gasteiger partial charge in [0, 0.05) is 5.56 Å². The second-order valence-corrected chi connectivity index (χ2v) is 3.44. The first-order chi connectivity index (χ1) is 8.13. The van der Waals surface area contributed by atoms with E-state index in [0.29, 0.717) is 5.75 Å². The summed E-state index contributed by atoms with van der Waals surface area (Å²) in [5.41, 5.74) is 0.505. The normalized spacial score (nSPS) is 13.2. The number of aliphatic hydroxyl groups excluding tert-OH is 2. The quantitative estimate of drug-likeness (QED) is 0.802. The van der Waals surface area contributed by atoms with Crippen molar-refractivity contribution in [1.29, 1.82) is 10.5 Å². The molecule has 17 heavy (non-hydrogen) atoms. The van der Waals surface area contributed by atoms with Gasteiger partial charge in [0.05, 0.1) is 37.3 Å². The highest BCUT2D eigenvalue weighted by Gasteiger charge is 2.21. The molecule has 5 nitrogen and oxygen atoms in total. The second-order valence-electron chi connectivity index (χ2n) is 3.44. The standard InChI is InChI=1S/C12H12N2O3/c1-17-9-3-2-8(7-14)10(6-9)12(16)11(15)4-5-13/h2-3,6,11-12,15-16H,4H2,1H3. The monoisotopic (exact) mass is 232 g/mol. The van der Waals surface area contributed by atoms with Crippen LogP contribution in [0.4, 0.5) is 0 Å². The Labute approximate surface area is 99.1 Å². The lowest BCUT2D eigenvalue weighted by Gasteiger charge is -2.17. The first-order valence-electron chi connectivity index (χ1n) is 4.95. The third-order valence-electron chi connectivity index (χ3n) is 2.36. The van der Waals surface area contributed by atoms with Gasteiger partial charge in [0.2, 0.25) is 0 Å². The number of nitriles is 2. The maximum atomic E-state index is 9.84. The molecule has 0 aliphatic rings. The fourth-order valence-corrected chi connectivity index (χ4v) is 1.43. The third-order valence-corrected chi connectivity index (χ3v) is 2.36. The van der Waals surface area contributed by atoms with Crippen LogP contribution in [0.1, 0.15) is 23.7 Å². The van der Waals surface area contributed by atoms with Crippen LogP contribution in [0.2, 0.25) is 0 Å². The van der Waals surface area contributed by atoms with Crippen molar-refractivity contribution in [2.24, 2.45) is 0 Å². The molecule has 0 radical (unpaired) electrons. The molecular weight excluding hydrogens is 220 g/mol. The van der Waals surface area contributed by atoms with Gasteiger partial charge in [0.15, 0.2) is 0 Å². The second kappa shape index (κ2) is 5.86. The molecule has 1 aromatic rings. The topological polar surface area (TPSA) is 97.3 Å². The minimum atomic E-state index is -1.28. The Morgan fingerprint density at radius 2 is 2.06 bits per heavy atom. The first kappa shape index (κ1) is 13.0. The predicted molar refractivity (Wildman–Crippen MR) is 58.9 cm³/mol. The van der Waals surface area contributed by atoms with Gasteiger partial charge in [-0.3, -0.25) is 0 Å². The van der Waals surface area contributed by atoms with E-state index in [1.165, 1.54) is 19.2 Å². The molecule has 0 saturated heterocycles. The van der Waals surface area contributed by atoms with Crippen LogP contribution in [0.25, 0.3) is 0 Å². The molecule has 1 aromatic carbocycles. The summed E-state index contributed by atoms with van der Waals surface area (Å²) in [6.07, 6.45) is -2.71. The zero-order chi connectivity index (χ0) is 12.8. The zero-order valence-corrected chi connectivity index (χ0v) is 9.29. The summed E-state index contributed by atoms with van der Waals surface area (Å²) in [5.74, 6) is 0.474. The van der Waals surface area contributed by atoms with E-state index in [0.717, 1.165) is 0 Å². The van der Waals surface area contributed by atoms with Gasteiger partial charge in [-0.25, -0.2) is 0 Å². The Bertz CT molecular complexity index is 474. The molecule has 0 heterocycles. The van der Waals surface area contributed by atoms with Crippen molar-refractivity contribution in [2.75, 3.05) is 7.11 Å². The summed E-state index contributed by atoms with van der Waals surface area (Å²) < 4.78 is 4.98. The van der Waals surface area contributed by atoms with E-state index in [1.54, 1.807) is 12.1 Å². The Balaban J connectivity index is 3.11. The van der Waals surface area contributed by atoms with Crippen LogP contribution in [0, 0.1) is 22.7 Å². The average Bonchev–Trinajstić information content (AvgIpc) is 2.37. The molecule has 0 saturated carbocycles. The summed E-state index contributed by atoms with van der Waals surface area (Å²) in [5, 5.41) is 36.7. The van der Waals surface area contributed by atoms with Crippen LogP contribution in [0.3, 0.4) is 0 Å². The maximum absolute atomic E-state index is 9.84. The lowest BCUT2D eigenvalue weighted by Crippen LogP contribution is -2.18. The van der Waals surface area contributed by atoms with Gasteiger partial charge < -0.3 is 14.9 Å². The molecule has 0 aromatic heterocycles. The molecule has 2 N–H and O–H groups in total. The molecule has 0 amide bonds. The van der Waals surface area contributed by atoms with Crippen molar-refractivity contribution >= 4 is 0 Å². The smallest absolute Gasteiger partial charge is 0.119 e.